The number of carbonyl (C=O) groups excluding carboxylic acids is 2. The van der Waals surface area contributed by atoms with Crippen molar-refractivity contribution in [3.63, 3.8) is 0 Å². The molecule has 3 unspecified atom stereocenters. The molecule has 4 nitrogen and oxygen atoms in total. The van der Waals surface area contributed by atoms with Crippen LogP contribution in [0.1, 0.15) is 50.5 Å². The number of likely N-dealkylation sites (tertiary alicyclic amines) is 1. The highest BCUT2D eigenvalue weighted by Crippen LogP contribution is 2.34. The Bertz CT molecular complexity index is 548. The first-order valence-electron chi connectivity index (χ1n) is 8.82. The quantitative estimate of drug-likeness (QED) is 0.929. The van der Waals surface area contributed by atoms with Gasteiger partial charge in [-0.3, -0.25) is 9.59 Å². The van der Waals surface area contributed by atoms with E-state index in [1.807, 2.05) is 6.07 Å². The van der Waals surface area contributed by atoms with E-state index in [-0.39, 0.29) is 17.7 Å². The minimum absolute atomic E-state index is 0.0402. The number of rotatable bonds is 4. The van der Waals surface area contributed by atoms with Crippen molar-refractivity contribution < 1.29 is 9.59 Å². The van der Waals surface area contributed by atoms with Gasteiger partial charge in [0.1, 0.15) is 0 Å². The number of hydrogen-bond acceptors (Lipinski definition) is 2. The van der Waals surface area contributed by atoms with E-state index in [2.05, 4.69) is 41.4 Å². The lowest BCUT2D eigenvalue weighted by Crippen LogP contribution is -2.47. The van der Waals surface area contributed by atoms with Crippen molar-refractivity contribution in [2.24, 2.45) is 5.92 Å². The van der Waals surface area contributed by atoms with Crippen molar-refractivity contribution in [2.75, 3.05) is 13.1 Å². The van der Waals surface area contributed by atoms with Crippen molar-refractivity contribution in [3.8, 4) is 0 Å². The lowest BCUT2D eigenvalue weighted by atomic mass is 9.87. The average Bonchev–Trinajstić information content (AvgIpc) is 3.06. The zero-order chi connectivity index (χ0) is 16.2. The molecule has 0 saturated carbocycles. The van der Waals surface area contributed by atoms with Crippen molar-refractivity contribution >= 4 is 11.8 Å². The smallest absolute Gasteiger partial charge is 0.227 e. The Balaban J connectivity index is 1.74. The second kappa shape index (κ2) is 7.16. The molecule has 0 bridgehead atoms. The Morgan fingerprint density at radius 2 is 2.09 bits per heavy atom. The van der Waals surface area contributed by atoms with Crippen LogP contribution < -0.4 is 5.32 Å². The van der Waals surface area contributed by atoms with Crippen molar-refractivity contribution in [1.82, 2.24) is 10.2 Å². The molecule has 1 aromatic carbocycles. The zero-order valence-electron chi connectivity index (χ0n) is 13.8. The summed E-state index contributed by atoms with van der Waals surface area (Å²) in [6.45, 7) is 3.57. The van der Waals surface area contributed by atoms with Gasteiger partial charge in [0.05, 0.1) is 5.92 Å². The van der Waals surface area contributed by atoms with E-state index >= 15 is 0 Å². The molecule has 1 aromatic rings. The number of amides is 2. The number of piperidine rings is 1. The normalized spacial score (nSPS) is 26.0. The number of nitrogens with one attached hydrogen (secondary N) is 1. The molecule has 2 amide bonds. The molecule has 0 radical (unpaired) electrons. The van der Waals surface area contributed by atoms with E-state index < -0.39 is 0 Å². The van der Waals surface area contributed by atoms with E-state index in [1.165, 1.54) is 5.56 Å². The van der Waals surface area contributed by atoms with E-state index in [4.69, 9.17) is 0 Å². The molecule has 2 saturated heterocycles. The Labute approximate surface area is 138 Å². The first kappa shape index (κ1) is 16.0. The third-order valence-electron chi connectivity index (χ3n) is 5.33. The lowest BCUT2D eigenvalue weighted by Gasteiger charge is -2.35. The van der Waals surface area contributed by atoms with Crippen LogP contribution >= 0.6 is 0 Å². The summed E-state index contributed by atoms with van der Waals surface area (Å²) in [6, 6.07) is 10.9. The maximum Gasteiger partial charge on any atom is 0.227 e. The largest absolute Gasteiger partial charge is 0.355 e. The minimum Gasteiger partial charge on any atom is -0.355 e. The van der Waals surface area contributed by atoms with E-state index in [0.717, 1.165) is 25.8 Å². The fourth-order valence-corrected chi connectivity index (χ4v) is 4.09. The predicted octanol–water partition coefficient (Wildman–Crippen LogP) is 2.70. The molecule has 2 fully saturated rings. The van der Waals surface area contributed by atoms with E-state index in [9.17, 15) is 9.59 Å². The SMILES string of the molecule is CCC(c1ccccc1)C1CCCN1C(=O)C1CCC(=O)NC1. The van der Waals surface area contributed by atoms with Gasteiger partial charge in [-0.2, -0.15) is 0 Å². The molecule has 0 aromatic heterocycles. The van der Waals surface area contributed by atoms with Crippen LogP contribution in [0.3, 0.4) is 0 Å². The number of hydrogen-bond donors (Lipinski definition) is 1. The van der Waals surface area contributed by atoms with Crippen molar-refractivity contribution in [1.29, 1.82) is 0 Å². The van der Waals surface area contributed by atoms with Gasteiger partial charge in [0.15, 0.2) is 0 Å². The standard InChI is InChI=1S/C19H26N2O2/c1-2-16(14-7-4-3-5-8-14)17-9-6-12-21(17)19(23)15-10-11-18(22)20-13-15/h3-5,7-8,15-17H,2,6,9-13H2,1H3,(H,20,22). The molecule has 23 heavy (non-hydrogen) atoms. The highest BCUT2D eigenvalue weighted by Gasteiger charge is 2.38. The predicted molar refractivity (Wildman–Crippen MR) is 89.9 cm³/mol. The van der Waals surface area contributed by atoms with Crippen molar-refractivity contribution in [3.05, 3.63) is 35.9 Å². The van der Waals surface area contributed by atoms with Gasteiger partial charge in [-0.05, 0) is 31.2 Å². The van der Waals surface area contributed by atoms with Crippen LogP contribution in [0.4, 0.5) is 0 Å². The highest BCUT2D eigenvalue weighted by atomic mass is 16.2. The third-order valence-corrected chi connectivity index (χ3v) is 5.33. The molecule has 3 rings (SSSR count). The summed E-state index contributed by atoms with van der Waals surface area (Å²) < 4.78 is 0. The number of benzene rings is 1. The summed E-state index contributed by atoms with van der Waals surface area (Å²) in [4.78, 5) is 26.4. The number of carbonyl (C=O) groups is 2. The van der Waals surface area contributed by atoms with E-state index in [1.54, 1.807) is 0 Å². The zero-order valence-corrected chi connectivity index (χ0v) is 13.8. The van der Waals surface area contributed by atoms with Crippen LogP contribution in [0.25, 0.3) is 0 Å². The van der Waals surface area contributed by atoms with Crippen LogP contribution in [-0.4, -0.2) is 35.8 Å². The highest BCUT2D eigenvalue weighted by molar-refractivity contribution is 5.84. The summed E-state index contributed by atoms with van der Waals surface area (Å²) in [7, 11) is 0. The lowest BCUT2D eigenvalue weighted by molar-refractivity contribution is -0.138. The van der Waals surface area contributed by atoms with Crippen LogP contribution in [0.5, 0.6) is 0 Å². The van der Waals surface area contributed by atoms with Crippen LogP contribution in [0, 0.1) is 5.92 Å². The Hall–Kier alpha value is -1.84. The van der Waals surface area contributed by atoms with Gasteiger partial charge in [0.2, 0.25) is 11.8 Å². The molecule has 0 spiro atoms. The summed E-state index contributed by atoms with van der Waals surface area (Å²) in [5, 5.41) is 2.84. The van der Waals surface area contributed by atoms with Gasteiger partial charge < -0.3 is 10.2 Å². The second-order valence-electron chi connectivity index (χ2n) is 6.71. The summed E-state index contributed by atoms with van der Waals surface area (Å²) in [5.74, 6) is 0.673. The molecule has 1 N–H and O–H groups in total. The average molecular weight is 314 g/mol. The first-order chi connectivity index (χ1) is 11.2. The monoisotopic (exact) mass is 314 g/mol. The molecular weight excluding hydrogens is 288 g/mol. The molecule has 2 aliphatic rings. The maximum atomic E-state index is 12.9. The number of nitrogens with zero attached hydrogens (tertiary/aromatic N) is 1. The topological polar surface area (TPSA) is 49.4 Å². The van der Waals surface area contributed by atoms with Crippen LogP contribution in [0.15, 0.2) is 30.3 Å². The van der Waals surface area contributed by atoms with Gasteiger partial charge in [-0.15, -0.1) is 0 Å². The van der Waals surface area contributed by atoms with Crippen LogP contribution in [-0.2, 0) is 9.59 Å². The molecule has 2 aliphatic heterocycles. The summed E-state index contributed by atoms with van der Waals surface area (Å²) in [5.41, 5.74) is 1.33. The molecule has 3 atom stereocenters. The summed E-state index contributed by atoms with van der Waals surface area (Å²) >= 11 is 0. The second-order valence-corrected chi connectivity index (χ2v) is 6.71. The first-order valence-corrected chi connectivity index (χ1v) is 8.82. The summed E-state index contributed by atoms with van der Waals surface area (Å²) in [6.07, 6.45) is 4.37. The van der Waals surface area contributed by atoms with Gasteiger partial charge in [-0.25, -0.2) is 0 Å². The van der Waals surface area contributed by atoms with E-state index in [0.29, 0.717) is 31.3 Å². The Morgan fingerprint density at radius 3 is 2.74 bits per heavy atom. The molecule has 4 heteroatoms. The molecule has 2 heterocycles. The van der Waals surface area contributed by atoms with Crippen molar-refractivity contribution in [2.45, 2.75) is 51.0 Å². The van der Waals surface area contributed by atoms with Gasteiger partial charge in [-0.1, -0.05) is 37.3 Å². The fourth-order valence-electron chi connectivity index (χ4n) is 4.09. The minimum atomic E-state index is -0.0402. The van der Waals surface area contributed by atoms with Gasteiger partial charge in [0.25, 0.3) is 0 Å². The third kappa shape index (κ3) is 3.41. The van der Waals surface area contributed by atoms with Gasteiger partial charge in [0, 0.05) is 31.5 Å². The maximum absolute atomic E-state index is 12.9. The molecule has 0 aliphatic carbocycles. The molecule has 124 valence electrons. The Morgan fingerprint density at radius 1 is 1.30 bits per heavy atom. The fraction of sp³-hybridized carbons (Fsp3) is 0.579. The molecular formula is C19H26N2O2. The Kier molecular flexibility index (Phi) is 4.99. The van der Waals surface area contributed by atoms with Crippen LogP contribution in [0.2, 0.25) is 0 Å². The van der Waals surface area contributed by atoms with Gasteiger partial charge >= 0.3 is 0 Å².